The molecule has 1 atom stereocenters. The first kappa shape index (κ1) is 26.2. The maximum atomic E-state index is 11.8. The summed E-state index contributed by atoms with van der Waals surface area (Å²) in [5.74, 6) is 1.73. The fourth-order valence-corrected chi connectivity index (χ4v) is 3.71. The van der Waals surface area contributed by atoms with Crippen molar-refractivity contribution < 1.29 is 9.21 Å². The van der Waals surface area contributed by atoms with Crippen LogP contribution in [0.25, 0.3) is 0 Å². The van der Waals surface area contributed by atoms with Crippen LogP contribution in [0, 0.1) is 5.92 Å². The molecule has 0 radical (unpaired) electrons. The lowest BCUT2D eigenvalue weighted by Gasteiger charge is -2.33. The Labute approximate surface area is 208 Å². The van der Waals surface area contributed by atoms with Gasteiger partial charge in [-0.3, -0.25) is 14.7 Å². The molecule has 7 nitrogen and oxygen atoms in total. The van der Waals surface area contributed by atoms with Crippen LogP contribution < -0.4 is 16.0 Å². The number of carbonyl (C=O) groups excluding carboxylic acids is 1. The Kier molecular flexibility index (Phi) is 11.0. The van der Waals surface area contributed by atoms with E-state index in [4.69, 9.17) is 4.42 Å². The molecule has 3 N–H and O–H groups in total. The number of benzene rings is 1. The van der Waals surface area contributed by atoms with Gasteiger partial charge in [0, 0.05) is 31.7 Å². The molecule has 1 saturated heterocycles. The second-order valence-electron chi connectivity index (χ2n) is 8.28. The minimum absolute atomic E-state index is 0. The summed E-state index contributed by atoms with van der Waals surface area (Å²) in [6.07, 6.45) is 5.51. The van der Waals surface area contributed by atoms with Gasteiger partial charge in [0.25, 0.3) is 0 Å². The van der Waals surface area contributed by atoms with E-state index in [9.17, 15) is 4.79 Å². The Morgan fingerprint density at radius 3 is 2.41 bits per heavy atom. The molecule has 0 spiro atoms. The number of carbonyl (C=O) groups is 1. The number of piperidine rings is 1. The van der Waals surface area contributed by atoms with Crippen LogP contribution in [0.2, 0.25) is 0 Å². The van der Waals surface area contributed by atoms with Gasteiger partial charge in [0.15, 0.2) is 5.96 Å². The number of aliphatic imine (C=N–C) groups is 1. The number of nitrogens with zero attached hydrogens (tertiary/aromatic N) is 2. The molecule has 8 heteroatoms. The van der Waals surface area contributed by atoms with Gasteiger partial charge < -0.3 is 20.4 Å². The summed E-state index contributed by atoms with van der Waals surface area (Å²) in [6.45, 7) is 7.33. The molecule has 1 amide bonds. The number of furan rings is 1. The molecule has 3 rings (SSSR count). The first-order valence-corrected chi connectivity index (χ1v) is 11.2. The van der Waals surface area contributed by atoms with Gasteiger partial charge in [0.2, 0.25) is 5.91 Å². The van der Waals surface area contributed by atoms with Crippen LogP contribution in [0.15, 0.2) is 52.1 Å². The number of hydrogen-bond donors (Lipinski definition) is 3. The van der Waals surface area contributed by atoms with Gasteiger partial charge >= 0.3 is 0 Å². The van der Waals surface area contributed by atoms with Crippen molar-refractivity contribution in [1.29, 1.82) is 0 Å². The molecule has 1 aliphatic heterocycles. The third-order valence-electron chi connectivity index (χ3n) is 5.60. The summed E-state index contributed by atoms with van der Waals surface area (Å²) >= 11 is 0. The van der Waals surface area contributed by atoms with E-state index in [0.717, 1.165) is 42.6 Å². The highest BCUT2D eigenvalue weighted by Gasteiger charge is 2.24. The van der Waals surface area contributed by atoms with Crippen molar-refractivity contribution in [1.82, 2.24) is 15.5 Å². The van der Waals surface area contributed by atoms with Crippen molar-refractivity contribution in [3.05, 3.63) is 54.0 Å². The van der Waals surface area contributed by atoms with Gasteiger partial charge in [-0.1, -0.05) is 32.4 Å². The topological polar surface area (TPSA) is 81.9 Å². The van der Waals surface area contributed by atoms with Crippen LogP contribution >= 0.6 is 24.0 Å². The molecule has 32 heavy (non-hydrogen) atoms. The smallest absolute Gasteiger partial charge is 0.226 e. The third kappa shape index (κ3) is 7.81. The van der Waals surface area contributed by atoms with Crippen LogP contribution in [0.1, 0.15) is 50.5 Å². The van der Waals surface area contributed by atoms with Crippen LogP contribution in [-0.4, -0.2) is 43.4 Å². The predicted octanol–water partition coefficient (Wildman–Crippen LogP) is 4.38. The SMILES string of the molecule is CN=C(NCc1ccc(NC(=O)C(C)C)cc1)NCC(c1ccco1)N1CCCCC1.I. The van der Waals surface area contributed by atoms with Crippen LogP contribution in [0.5, 0.6) is 0 Å². The van der Waals surface area contributed by atoms with Crippen LogP contribution in [-0.2, 0) is 11.3 Å². The van der Waals surface area contributed by atoms with Gasteiger partial charge in [-0.2, -0.15) is 0 Å². The Morgan fingerprint density at radius 1 is 1.09 bits per heavy atom. The molecule has 0 bridgehead atoms. The van der Waals surface area contributed by atoms with E-state index in [1.165, 1.54) is 19.3 Å². The molecule has 1 fully saturated rings. The summed E-state index contributed by atoms with van der Waals surface area (Å²) in [5, 5.41) is 9.74. The second-order valence-corrected chi connectivity index (χ2v) is 8.28. The zero-order valence-electron chi connectivity index (χ0n) is 19.3. The molecule has 1 unspecified atom stereocenters. The molecule has 1 aromatic heterocycles. The van der Waals surface area contributed by atoms with Gasteiger partial charge in [0.1, 0.15) is 5.76 Å². The lowest BCUT2D eigenvalue weighted by Crippen LogP contribution is -2.44. The first-order chi connectivity index (χ1) is 15.1. The minimum Gasteiger partial charge on any atom is -0.468 e. The molecule has 1 aliphatic rings. The number of amides is 1. The zero-order chi connectivity index (χ0) is 22.1. The number of guanidine groups is 1. The van der Waals surface area contributed by atoms with E-state index >= 15 is 0 Å². The van der Waals surface area contributed by atoms with Crippen molar-refractivity contribution in [2.75, 3.05) is 32.0 Å². The highest BCUT2D eigenvalue weighted by atomic mass is 127. The Hall–Kier alpha value is -2.07. The van der Waals surface area contributed by atoms with Gasteiger partial charge in [-0.25, -0.2) is 0 Å². The van der Waals surface area contributed by atoms with Crippen molar-refractivity contribution in [2.24, 2.45) is 10.9 Å². The molecule has 176 valence electrons. The quantitative estimate of drug-likeness (QED) is 0.257. The van der Waals surface area contributed by atoms with Gasteiger partial charge in [-0.15, -0.1) is 24.0 Å². The summed E-state index contributed by atoms with van der Waals surface area (Å²) in [7, 11) is 1.78. The van der Waals surface area contributed by atoms with Gasteiger partial charge in [-0.05, 0) is 55.8 Å². The summed E-state index contributed by atoms with van der Waals surface area (Å²) in [6, 6.07) is 12.1. The van der Waals surface area contributed by atoms with E-state index in [0.29, 0.717) is 6.54 Å². The minimum atomic E-state index is -0.0364. The lowest BCUT2D eigenvalue weighted by atomic mass is 10.1. The number of nitrogens with one attached hydrogen (secondary N) is 3. The van der Waals surface area contributed by atoms with Crippen molar-refractivity contribution in [2.45, 2.75) is 45.7 Å². The van der Waals surface area contributed by atoms with Gasteiger partial charge in [0.05, 0.1) is 12.3 Å². The zero-order valence-corrected chi connectivity index (χ0v) is 21.6. The first-order valence-electron chi connectivity index (χ1n) is 11.2. The molecule has 2 aromatic rings. The molecule has 0 saturated carbocycles. The fraction of sp³-hybridized carbons (Fsp3) is 0.500. The molecular formula is C24H36IN5O2. The molecule has 1 aromatic carbocycles. The average molecular weight is 553 g/mol. The largest absolute Gasteiger partial charge is 0.468 e. The van der Waals surface area contributed by atoms with E-state index in [1.807, 2.05) is 44.2 Å². The average Bonchev–Trinajstić information content (AvgIpc) is 3.32. The highest BCUT2D eigenvalue weighted by molar-refractivity contribution is 14.0. The predicted molar refractivity (Wildman–Crippen MR) is 140 cm³/mol. The third-order valence-corrected chi connectivity index (χ3v) is 5.60. The van der Waals surface area contributed by atoms with E-state index < -0.39 is 0 Å². The lowest BCUT2D eigenvalue weighted by molar-refractivity contribution is -0.118. The van der Waals surface area contributed by atoms with Crippen molar-refractivity contribution in [3.8, 4) is 0 Å². The highest BCUT2D eigenvalue weighted by Crippen LogP contribution is 2.24. The second kappa shape index (κ2) is 13.5. The Bertz CT molecular complexity index is 831. The monoisotopic (exact) mass is 553 g/mol. The van der Waals surface area contributed by atoms with E-state index in [1.54, 1.807) is 13.3 Å². The summed E-state index contributed by atoms with van der Waals surface area (Å²) in [5.41, 5.74) is 1.93. The number of halogens is 1. The van der Waals surface area contributed by atoms with Crippen LogP contribution in [0.3, 0.4) is 0 Å². The Balaban J connectivity index is 0.00000363. The molecular weight excluding hydrogens is 517 g/mol. The summed E-state index contributed by atoms with van der Waals surface area (Å²) in [4.78, 5) is 18.7. The maximum absolute atomic E-state index is 11.8. The fourth-order valence-electron chi connectivity index (χ4n) is 3.71. The van der Waals surface area contributed by atoms with E-state index in [2.05, 4.69) is 31.9 Å². The normalized spacial score (nSPS) is 15.7. The molecule has 0 aliphatic carbocycles. The van der Waals surface area contributed by atoms with E-state index in [-0.39, 0.29) is 41.8 Å². The summed E-state index contributed by atoms with van der Waals surface area (Å²) < 4.78 is 5.73. The van der Waals surface area contributed by atoms with Crippen molar-refractivity contribution >= 4 is 41.5 Å². The van der Waals surface area contributed by atoms with Crippen molar-refractivity contribution in [3.63, 3.8) is 0 Å². The Morgan fingerprint density at radius 2 is 1.81 bits per heavy atom. The number of hydrogen-bond acceptors (Lipinski definition) is 4. The maximum Gasteiger partial charge on any atom is 0.226 e. The molecule has 2 heterocycles. The van der Waals surface area contributed by atoms with Crippen LogP contribution in [0.4, 0.5) is 5.69 Å². The number of likely N-dealkylation sites (tertiary alicyclic amines) is 1. The standard InChI is InChI=1S/C24H35N5O2.HI/c1-18(2)23(30)28-20-11-9-19(10-12-20)16-26-24(25-3)27-17-21(22-8-7-15-31-22)29-13-5-4-6-14-29;/h7-12,15,18,21H,4-6,13-14,16-17H2,1-3H3,(H,28,30)(H2,25,26,27);1H. The number of anilines is 1. The number of rotatable bonds is 8.